The maximum atomic E-state index is 10.8. The van der Waals surface area contributed by atoms with Gasteiger partial charge < -0.3 is 14.9 Å². The van der Waals surface area contributed by atoms with E-state index in [9.17, 15) is 4.79 Å². The number of hydrogen-bond acceptors (Lipinski definition) is 4. The lowest BCUT2D eigenvalue weighted by molar-refractivity contribution is -0.122. The Morgan fingerprint density at radius 1 is 1.31 bits per heavy atom. The zero-order chi connectivity index (χ0) is 9.68. The molecule has 1 saturated heterocycles. The van der Waals surface area contributed by atoms with Crippen molar-refractivity contribution in [1.29, 1.82) is 0 Å². The van der Waals surface area contributed by atoms with E-state index in [4.69, 9.17) is 5.11 Å². The third-order valence-corrected chi connectivity index (χ3v) is 2.48. The standard InChI is InChI=1S/C9H18N2O2/c1-10-4-6-11(7-5-10)3-2-9(13)8-12/h12H,2-8H2,1H3. The van der Waals surface area contributed by atoms with E-state index in [1.165, 1.54) is 0 Å². The van der Waals surface area contributed by atoms with E-state index in [-0.39, 0.29) is 12.4 Å². The zero-order valence-corrected chi connectivity index (χ0v) is 8.20. The normalized spacial score (nSPS) is 20.5. The molecule has 4 nitrogen and oxygen atoms in total. The second kappa shape index (κ2) is 5.32. The van der Waals surface area contributed by atoms with Crippen LogP contribution in [0.5, 0.6) is 0 Å². The van der Waals surface area contributed by atoms with E-state index in [2.05, 4.69) is 16.8 Å². The first kappa shape index (κ1) is 10.6. The minimum Gasteiger partial charge on any atom is -0.389 e. The molecule has 1 N–H and O–H groups in total. The van der Waals surface area contributed by atoms with Crippen LogP contribution < -0.4 is 0 Å². The van der Waals surface area contributed by atoms with Gasteiger partial charge in [-0.15, -0.1) is 0 Å². The average molecular weight is 186 g/mol. The molecule has 76 valence electrons. The van der Waals surface area contributed by atoms with Crippen molar-refractivity contribution in [3.63, 3.8) is 0 Å². The number of nitrogens with zero attached hydrogens (tertiary/aromatic N) is 2. The maximum absolute atomic E-state index is 10.8. The summed E-state index contributed by atoms with van der Waals surface area (Å²) < 4.78 is 0. The number of carbonyl (C=O) groups is 1. The monoisotopic (exact) mass is 186 g/mol. The maximum Gasteiger partial charge on any atom is 0.159 e. The second-order valence-electron chi connectivity index (χ2n) is 3.59. The van der Waals surface area contributed by atoms with Gasteiger partial charge in [0.25, 0.3) is 0 Å². The first-order valence-corrected chi connectivity index (χ1v) is 4.76. The molecule has 0 spiro atoms. The van der Waals surface area contributed by atoms with Crippen LogP contribution >= 0.6 is 0 Å². The summed E-state index contributed by atoms with van der Waals surface area (Å²) in [7, 11) is 2.11. The predicted molar refractivity (Wildman–Crippen MR) is 50.6 cm³/mol. The minimum atomic E-state index is -0.312. The van der Waals surface area contributed by atoms with Crippen LogP contribution in [0.1, 0.15) is 6.42 Å². The molecule has 0 unspecified atom stereocenters. The number of carbonyl (C=O) groups excluding carboxylic acids is 1. The fourth-order valence-electron chi connectivity index (χ4n) is 1.43. The second-order valence-corrected chi connectivity index (χ2v) is 3.59. The first-order valence-electron chi connectivity index (χ1n) is 4.76. The number of ketones is 1. The summed E-state index contributed by atoms with van der Waals surface area (Å²) in [5, 5.41) is 8.53. The summed E-state index contributed by atoms with van der Waals surface area (Å²) in [4.78, 5) is 15.4. The van der Waals surface area contributed by atoms with Gasteiger partial charge in [-0.05, 0) is 7.05 Å². The highest BCUT2D eigenvalue weighted by Gasteiger charge is 2.13. The average Bonchev–Trinajstić information content (AvgIpc) is 2.16. The van der Waals surface area contributed by atoms with Gasteiger partial charge in [-0.3, -0.25) is 4.79 Å². The van der Waals surface area contributed by atoms with E-state index < -0.39 is 0 Å². The van der Waals surface area contributed by atoms with Gasteiger partial charge in [-0.2, -0.15) is 0 Å². The molecule has 0 bridgehead atoms. The van der Waals surface area contributed by atoms with Crippen LogP contribution in [0.25, 0.3) is 0 Å². The summed E-state index contributed by atoms with van der Waals surface area (Å²) in [6, 6.07) is 0. The lowest BCUT2D eigenvalue weighted by atomic mass is 10.2. The smallest absolute Gasteiger partial charge is 0.159 e. The molecule has 0 aliphatic carbocycles. The van der Waals surface area contributed by atoms with Gasteiger partial charge >= 0.3 is 0 Å². The zero-order valence-electron chi connectivity index (χ0n) is 8.20. The van der Waals surface area contributed by atoms with Crippen molar-refractivity contribution in [2.75, 3.05) is 46.4 Å². The van der Waals surface area contributed by atoms with E-state index in [0.717, 1.165) is 32.7 Å². The molecule has 1 heterocycles. The number of aliphatic hydroxyl groups is 1. The van der Waals surface area contributed by atoms with Crippen LogP contribution in [-0.2, 0) is 4.79 Å². The van der Waals surface area contributed by atoms with Gasteiger partial charge in [0.2, 0.25) is 0 Å². The molecule has 13 heavy (non-hydrogen) atoms. The highest BCUT2D eigenvalue weighted by molar-refractivity contribution is 5.79. The summed E-state index contributed by atoms with van der Waals surface area (Å²) >= 11 is 0. The molecule has 4 heteroatoms. The Hall–Kier alpha value is -0.450. The van der Waals surface area contributed by atoms with Crippen LogP contribution in [-0.4, -0.2) is 67.1 Å². The molecular weight excluding hydrogens is 168 g/mol. The third kappa shape index (κ3) is 3.85. The molecule has 0 aromatic rings. The van der Waals surface area contributed by atoms with Crippen molar-refractivity contribution in [3.8, 4) is 0 Å². The fourth-order valence-corrected chi connectivity index (χ4v) is 1.43. The van der Waals surface area contributed by atoms with Crippen LogP contribution in [0.4, 0.5) is 0 Å². The number of hydrogen-bond donors (Lipinski definition) is 1. The van der Waals surface area contributed by atoms with Crippen molar-refractivity contribution < 1.29 is 9.90 Å². The molecule has 0 atom stereocenters. The van der Waals surface area contributed by atoms with Gasteiger partial charge in [-0.25, -0.2) is 0 Å². The largest absolute Gasteiger partial charge is 0.389 e. The van der Waals surface area contributed by atoms with Gasteiger partial charge in [0.15, 0.2) is 5.78 Å². The lowest BCUT2D eigenvalue weighted by Gasteiger charge is -2.32. The molecule has 1 aliphatic rings. The Morgan fingerprint density at radius 3 is 2.46 bits per heavy atom. The molecule has 1 fully saturated rings. The quantitative estimate of drug-likeness (QED) is 0.623. The number of Topliss-reactive ketones (excluding diaryl/α,β-unsaturated/α-hetero) is 1. The van der Waals surface area contributed by atoms with Crippen molar-refractivity contribution in [1.82, 2.24) is 9.80 Å². The van der Waals surface area contributed by atoms with Gasteiger partial charge in [0.1, 0.15) is 6.61 Å². The topological polar surface area (TPSA) is 43.8 Å². The van der Waals surface area contributed by atoms with Crippen LogP contribution in [0.15, 0.2) is 0 Å². The van der Waals surface area contributed by atoms with Gasteiger partial charge in [-0.1, -0.05) is 0 Å². The summed E-state index contributed by atoms with van der Waals surface area (Å²) in [5.41, 5.74) is 0. The summed E-state index contributed by atoms with van der Waals surface area (Å²) in [6.07, 6.45) is 0.486. The highest BCUT2D eigenvalue weighted by Crippen LogP contribution is 1.99. The fraction of sp³-hybridized carbons (Fsp3) is 0.889. The Labute approximate surface area is 79.1 Å². The molecular formula is C9H18N2O2. The Balaban J connectivity index is 2.12. The van der Waals surface area contributed by atoms with Crippen molar-refractivity contribution in [2.24, 2.45) is 0 Å². The molecule has 0 aromatic heterocycles. The third-order valence-electron chi connectivity index (χ3n) is 2.48. The Morgan fingerprint density at radius 2 is 1.92 bits per heavy atom. The number of piperazine rings is 1. The van der Waals surface area contributed by atoms with Crippen LogP contribution in [0, 0.1) is 0 Å². The number of likely N-dealkylation sites (N-methyl/N-ethyl adjacent to an activating group) is 1. The Bertz CT molecular complexity index is 165. The van der Waals surface area contributed by atoms with Crippen molar-refractivity contribution in [3.05, 3.63) is 0 Å². The Kier molecular flexibility index (Phi) is 4.35. The summed E-state index contributed by atoms with van der Waals surface area (Å²) in [5.74, 6) is -0.0565. The summed E-state index contributed by atoms with van der Waals surface area (Å²) in [6.45, 7) is 4.71. The van der Waals surface area contributed by atoms with Crippen LogP contribution in [0.2, 0.25) is 0 Å². The molecule has 1 aliphatic heterocycles. The number of rotatable bonds is 4. The number of aliphatic hydroxyl groups excluding tert-OH is 1. The van der Waals surface area contributed by atoms with E-state index in [0.29, 0.717) is 6.42 Å². The van der Waals surface area contributed by atoms with Gasteiger partial charge in [0.05, 0.1) is 0 Å². The lowest BCUT2D eigenvalue weighted by Crippen LogP contribution is -2.45. The minimum absolute atomic E-state index is 0.0565. The first-order chi connectivity index (χ1) is 6.22. The molecule has 0 saturated carbocycles. The predicted octanol–water partition coefficient (Wildman–Crippen LogP) is -0.815. The van der Waals surface area contributed by atoms with Crippen molar-refractivity contribution >= 4 is 5.78 Å². The van der Waals surface area contributed by atoms with E-state index in [1.807, 2.05) is 0 Å². The molecule has 0 aromatic carbocycles. The highest BCUT2D eigenvalue weighted by atomic mass is 16.3. The van der Waals surface area contributed by atoms with E-state index in [1.54, 1.807) is 0 Å². The molecule has 1 rings (SSSR count). The SMILES string of the molecule is CN1CCN(CCC(=O)CO)CC1. The molecule has 0 amide bonds. The van der Waals surface area contributed by atoms with E-state index >= 15 is 0 Å². The van der Waals surface area contributed by atoms with Crippen molar-refractivity contribution in [2.45, 2.75) is 6.42 Å². The molecule has 0 radical (unpaired) electrons. The van der Waals surface area contributed by atoms with Crippen LogP contribution in [0.3, 0.4) is 0 Å². The van der Waals surface area contributed by atoms with Gasteiger partial charge in [0, 0.05) is 39.1 Å².